The molecular formula is C14H16N2O2. The minimum Gasteiger partial charge on any atom is -0.453 e. The number of aromatic nitrogens is 1. The van der Waals surface area contributed by atoms with Crippen LogP contribution in [0.1, 0.15) is 18.4 Å². The second-order valence-electron chi connectivity index (χ2n) is 4.87. The van der Waals surface area contributed by atoms with Crippen molar-refractivity contribution in [3.8, 4) is 0 Å². The number of ether oxygens (including phenoxy) is 1. The van der Waals surface area contributed by atoms with E-state index in [-0.39, 0.29) is 11.5 Å². The smallest absolute Gasteiger partial charge is 0.406 e. The maximum absolute atomic E-state index is 11.2. The molecule has 0 radical (unpaired) electrons. The lowest BCUT2D eigenvalue weighted by Gasteiger charge is -2.15. The van der Waals surface area contributed by atoms with Crippen molar-refractivity contribution in [3.63, 3.8) is 0 Å². The topological polar surface area (TPSA) is 54.1 Å². The Balaban J connectivity index is 1.87. The fraction of sp³-hybridized carbons (Fsp3) is 0.357. The Morgan fingerprint density at radius 1 is 1.44 bits per heavy atom. The van der Waals surface area contributed by atoms with E-state index < -0.39 is 0 Å². The van der Waals surface area contributed by atoms with Crippen LogP contribution in [0.2, 0.25) is 0 Å². The molecule has 0 aliphatic heterocycles. The minimum absolute atomic E-state index is 0.0911. The van der Waals surface area contributed by atoms with Gasteiger partial charge in [-0.05, 0) is 24.5 Å². The molecular weight excluding hydrogens is 228 g/mol. The number of methoxy groups -OCH3 is 1. The molecule has 18 heavy (non-hydrogen) atoms. The molecule has 0 spiro atoms. The number of hydrogen-bond acceptors (Lipinski definition) is 2. The number of hydrogen-bond donors (Lipinski definition) is 2. The van der Waals surface area contributed by atoms with Crippen LogP contribution in [0.3, 0.4) is 0 Å². The molecule has 4 heteroatoms. The monoisotopic (exact) mass is 244 g/mol. The Morgan fingerprint density at radius 2 is 2.22 bits per heavy atom. The van der Waals surface area contributed by atoms with Crippen LogP contribution in [0.15, 0.2) is 30.5 Å². The summed E-state index contributed by atoms with van der Waals surface area (Å²) in [5.41, 5.74) is 2.54. The lowest BCUT2D eigenvalue weighted by molar-refractivity contribution is 0.170. The van der Waals surface area contributed by atoms with E-state index in [2.05, 4.69) is 33.4 Å². The van der Waals surface area contributed by atoms with Crippen molar-refractivity contribution in [2.24, 2.45) is 0 Å². The summed E-state index contributed by atoms with van der Waals surface area (Å²) in [6.07, 6.45) is 3.93. The molecule has 0 unspecified atom stereocenters. The standard InChI is InChI=1S/C14H16N2O2/c1-18-13(17)16-9-14(6-7-14)11-8-15-12-5-3-2-4-10(11)12/h2-5,8,15H,6-7,9H2,1H3,(H,16,17). The largest absolute Gasteiger partial charge is 0.453 e. The van der Waals surface area contributed by atoms with Crippen molar-refractivity contribution < 1.29 is 9.53 Å². The van der Waals surface area contributed by atoms with Gasteiger partial charge < -0.3 is 15.0 Å². The molecule has 3 rings (SSSR count). The van der Waals surface area contributed by atoms with Crippen LogP contribution in [0.4, 0.5) is 4.79 Å². The Bertz CT molecular complexity index is 584. The summed E-state index contributed by atoms with van der Waals surface area (Å²) in [6, 6.07) is 8.26. The first-order valence-electron chi connectivity index (χ1n) is 6.14. The highest BCUT2D eigenvalue weighted by Gasteiger charge is 2.45. The van der Waals surface area contributed by atoms with Crippen LogP contribution in [0, 0.1) is 0 Å². The first-order chi connectivity index (χ1) is 8.75. The predicted octanol–water partition coefficient (Wildman–Crippen LogP) is 2.56. The van der Waals surface area contributed by atoms with Gasteiger partial charge in [0.2, 0.25) is 0 Å². The third-order valence-electron chi connectivity index (χ3n) is 3.77. The number of para-hydroxylation sites is 1. The maximum Gasteiger partial charge on any atom is 0.406 e. The van der Waals surface area contributed by atoms with Crippen LogP contribution in [0.25, 0.3) is 10.9 Å². The van der Waals surface area contributed by atoms with E-state index in [0.717, 1.165) is 18.4 Å². The number of rotatable bonds is 3. The van der Waals surface area contributed by atoms with Gasteiger partial charge in [-0.15, -0.1) is 0 Å². The van der Waals surface area contributed by atoms with E-state index in [1.165, 1.54) is 18.1 Å². The van der Waals surface area contributed by atoms with E-state index in [1.807, 2.05) is 12.1 Å². The quantitative estimate of drug-likeness (QED) is 0.871. The summed E-state index contributed by atoms with van der Waals surface area (Å²) in [4.78, 5) is 14.5. The van der Waals surface area contributed by atoms with Crippen molar-refractivity contribution in [1.82, 2.24) is 10.3 Å². The normalized spacial score (nSPS) is 16.5. The van der Waals surface area contributed by atoms with Crippen LogP contribution in [0.5, 0.6) is 0 Å². The number of amides is 1. The number of carbonyl (C=O) groups excluding carboxylic acids is 1. The number of nitrogens with one attached hydrogen (secondary N) is 2. The van der Waals surface area contributed by atoms with E-state index in [1.54, 1.807) is 0 Å². The highest BCUT2D eigenvalue weighted by atomic mass is 16.5. The molecule has 0 bridgehead atoms. The van der Waals surface area contributed by atoms with Crippen LogP contribution >= 0.6 is 0 Å². The lowest BCUT2D eigenvalue weighted by Crippen LogP contribution is -2.31. The van der Waals surface area contributed by atoms with Gasteiger partial charge in [0.15, 0.2) is 0 Å². The van der Waals surface area contributed by atoms with Crippen molar-refractivity contribution in [3.05, 3.63) is 36.0 Å². The van der Waals surface area contributed by atoms with Crippen molar-refractivity contribution in [2.45, 2.75) is 18.3 Å². The predicted molar refractivity (Wildman–Crippen MR) is 69.6 cm³/mol. The van der Waals surface area contributed by atoms with Gasteiger partial charge in [0, 0.05) is 29.1 Å². The molecule has 1 aromatic heterocycles. The van der Waals surface area contributed by atoms with E-state index in [4.69, 9.17) is 0 Å². The van der Waals surface area contributed by atoms with E-state index in [9.17, 15) is 4.79 Å². The van der Waals surface area contributed by atoms with Crippen molar-refractivity contribution in [2.75, 3.05) is 13.7 Å². The van der Waals surface area contributed by atoms with Gasteiger partial charge in [0.1, 0.15) is 0 Å². The Labute approximate surface area is 105 Å². The number of aromatic amines is 1. The highest BCUT2D eigenvalue weighted by Crippen LogP contribution is 2.49. The fourth-order valence-electron chi connectivity index (χ4n) is 2.52. The van der Waals surface area contributed by atoms with Gasteiger partial charge in [-0.25, -0.2) is 4.79 Å². The molecule has 2 aromatic rings. The Hall–Kier alpha value is -1.97. The molecule has 1 aliphatic rings. The lowest BCUT2D eigenvalue weighted by atomic mass is 9.95. The van der Waals surface area contributed by atoms with Crippen molar-refractivity contribution in [1.29, 1.82) is 0 Å². The molecule has 4 nitrogen and oxygen atoms in total. The zero-order chi connectivity index (χ0) is 12.6. The van der Waals surface area contributed by atoms with Crippen LogP contribution < -0.4 is 5.32 Å². The number of alkyl carbamates (subject to hydrolysis) is 1. The Kier molecular flexibility index (Phi) is 2.51. The summed E-state index contributed by atoms with van der Waals surface area (Å²) in [5, 5.41) is 4.06. The molecule has 1 amide bonds. The molecule has 1 aromatic carbocycles. The summed E-state index contributed by atoms with van der Waals surface area (Å²) < 4.78 is 4.62. The molecule has 1 fully saturated rings. The molecule has 0 atom stereocenters. The van der Waals surface area contributed by atoms with Crippen LogP contribution in [-0.4, -0.2) is 24.7 Å². The summed E-state index contributed by atoms with van der Waals surface area (Å²) in [7, 11) is 1.39. The zero-order valence-corrected chi connectivity index (χ0v) is 10.3. The first-order valence-corrected chi connectivity index (χ1v) is 6.14. The summed E-state index contributed by atoms with van der Waals surface area (Å²) in [5.74, 6) is 0. The second-order valence-corrected chi connectivity index (χ2v) is 4.87. The number of H-pyrrole nitrogens is 1. The fourth-order valence-corrected chi connectivity index (χ4v) is 2.52. The minimum atomic E-state index is -0.360. The van der Waals surface area contributed by atoms with Gasteiger partial charge in [0.05, 0.1) is 7.11 Å². The average molecular weight is 244 g/mol. The van der Waals surface area contributed by atoms with E-state index in [0.29, 0.717) is 6.54 Å². The molecule has 1 saturated carbocycles. The maximum atomic E-state index is 11.2. The zero-order valence-electron chi connectivity index (χ0n) is 10.3. The highest BCUT2D eigenvalue weighted by molar-refractivity contribution is 5.85. The van der Waals surface area contributed by atoms with Gasteiger partial charge >= 0.3 is 6.09 Å². The second kappa shape index (κ2) is 4.05. The summed E-state index contributed by atoms with van der Waals surface area (Å²) >= 11 is 0. The van der Waals surface area contributed by atoms with Gasteiger partial charge in [-0.1, -0.05) is 18.2 Å². The first kappa shape index (κ1) is 11.1. The third kappa shape index (κ3) is 1.74. The van der Waals surface area contributed by atoms with E-state index >= 15 is 0 Å². The SMILES string of the molecule is COC(=O)NCC1(c2c[nH]c3ccccc23)CC1. The van der Waals surface area contributed by atoms with Crippen molar-refractivity contribution >= 4 is 17.0 Å². The Morgan fingerprint density at radius 3 is 2.94 bits per heavy atom. The third-order valence-corrected chi connectivity index (χ3v) is 3.77. The molecule has 2 N–H and O–H groups in total. The molecule has 1 heterocycles. The number of benzene rings is 1. The van der Waals surface area contributed by atoms with Crippen LogP contribution in [-0.2, 0) is 10.2 Å². The van der Waals surface area contributed by atoms with Gasteiger partial charge in [0.25, 0.3) is 0 Å². The molecule has 1 aliphatic carbocycles. The molecule has 94 valence electrons. The molecule has 0 saturated heterocycles. The van der Waals surface area contributed by atoms with Gasteiger partial charge in [-0.2, -0.15) is 0 Å². The average Bonchev–Trinajstić information content (AvgIpc) is 3.07. The number of fused-ring (bicyclic) bond motifs is 1. The summed E-state index contributed by atoms with van der Waals surface area (Å²) in [6.45, 7) is 0.640. The van der Waals surface area contributed by atoms with Gasteiger partial charge in [-0.3, -0.25) is 0 Å². The number of carbonyl (C=O) groups is 1.